The minimum Gasteiger partial charge on any atom is -0.477 e. The lowest BCUT2D eigenvalue weighted by molar-refractivity contribution is 0.0700. The van der Waals surface area contributed by atoms with E-state index in [1.807, 2.05) is 25.4 Å². The molecule has 0 saturated heterocycles. The van der Waals surface area contributed by atoms with Gasteiger partial charge in [0.05, 0.1) is 6.61 Å². The van der Waals surface area contributed by atoms with Crippen molar-refractivity contribution in [3.8, 4) is 0 Å². The quantitative estimate of drug-likeness (QED) is 0.743. The molecule has 4 nitrogen and oxygen atoms in total. The molecule has 0 saturated carbocycles. The number of thiophene rings is 1. The monoisotopic (exact) mass is 243 g/mol. The van der Waals surface area contributed by atoms with Gasteiger partial charge in [0.2, 0.25) is 0 Å². The second-order valence-electron chi connectivity index (χ2n) is 3.51. The molecule has 0 radical (unpaired) electrons. The number of ether oxygens (including phenoxy) is 1. The number of carboxylic acid groups (broad SMARTS) is 1. The van der Waals surface area contributed by atoms with Gasteiger partial charge in [-0.1, -0.05) is 0 Å². The van der Waals surface area contributed by atoms with Crippen molar-refractivity contribution in [2.75, 3.05) is 26.8 Å². The van der Waals surface area contributed by atoms with Gasteiger partial charge in [-0.15, -0.1) is 11.3 Å². The fourth-order valence-corrected chi connectivity index (χ4v) is 2.14. The van der Waals surface area contributed by atoms with Gasteiger partial charge in [0, 0.05) is 19.7 Å². The highest BCUT2D eigenvalue weighted by Crippen LogP contribution is 2.17. The van der Waals surface area contributed by atoms with Gasteiger partial charge in [-0.3, -0.25) is 4.90 Å². The largest absolute Gasteiger partial charge is 0.477 e. The molecule has 0 fully saturated rings. The number of carboxylic acids is 1. The molecular formula is C11H17NO3S. The van der Waals surface area contributed by atoms with Crippen LogP contribution in [0.3, 0.4) is 0 Å². The predicted molar refractivity (Wildman–Crippen MR) is 64.1 cm³/mol. The average Bonchev–Trinajstić information content (AvgIpc) is 2.66. The predicted octanol–water partition coefficient (Wildman–Crippen LogP) is 1.91. The number of hydrogen-bond acceptors (Lipinski definition) is 4. The number of carbonyl (C=O) groups is 1. The summed E-state index contributed by atoms with van der Waals surface area (Å²) in [6, 6.07) is 1.87. The van der Waals surface area contributed by atoms with E-state index in [1.54, 1.807) is 0 Å². The van der Waals surface area contributed by atoms with E-state index in [2.05, 4.69) is 4.90 Å². The first-order chi connectivity index (χ1) is 7.65. The van der Waals surface area contributed by atoms with E-state index >= 15 is 0 Å². The maximum atomic E-state index is 10.9. The van der Waals surface area contributed by atoms with Crippen LogP contribution in [0.5, 0.6) is 0 Å². The van der Waals surface area contributed by atoms with Crippen LogP contribution in [0.15, 0.2) is 11.4 Å². The lowest BCUT2D eigenvalue weighted by atomic mass is 10.2. The number of aromatic carboxylic acids is 1. The van der Waals surface area contributed by atoms with Crippen LogP contribution < -0.4 is 0 Å². The molecule has 90 valence electrons. The van der Waals surface area contributed by atoms with Gasteiger partial charge in [-0.25, -0.2) is 4.79 Å². The van der Waals surface area contributed by atoms with Crippen LogP contribution in [0.25, 0.3) is 0 Å². The molecule has 0 aromatic carbocycles. The summed E-state index contributed by atoms with van der Waals surface area (Å²) in [7, 11) is 1.96. The first-order valence-corrected chi connectivity index (χ1v) is 6.09. The van der Waals surface area contributed by atoms with E-state index in [4.69, 9.17) is 9.84 Å². The SMILES string of the molecule is CCOCCN(C)Cc1ccsc1C(=O)O. The van der Waals surface area contributed by atoms with Crippen molar-refractivity contribution in [1.29, 1.82) is 0 Å². The first-order valence-electron chi connectivity index (χ1n) is 5.21. The Hall–Kier alpha value is -0.910. The van der Waals surface area contributed by atoms with Crippen molar-refractivity contribution in [2.24, 2.45) is 0 Å². The second kappa shape index (κ2) is 6.62. The Morgan fingerprint density at radius 1 is 1.62 bits per heavy atom. The van der Waals surface area contributed by atoms with Crippen molar-refractivity contribution in [3.05, 3.63) is 21.9 Å². The molecule has 0 aliphatic heterocycles. The molecule has 0 unspecified atom stereocenters. The molecule has 1 heterocycles. The van der Waals surface area contributed by atoms with Gasteiger partial charge in [0.25, 0.3) is 0 Å². The Morgan fingerprint density at radius 2 is 2.38 bits per heavy atom. The van der Waals surface area contributed by atoms with Crippen LogP contribution >= 0.6 is 11.3 Å². The number of nitrogens with zero attached hydrogens (tertiary/aromatic N) is 1. The topological polar surface area (TPSA) is 49.8 Å². The molecule has 0 atom stereocenters. The number of rotatable bonds is 7. The van der Waals surface area contributed by atoms with Gasteiger partial charge < -0.3 is 9.84 Å². The summed E-state index contributed by atoms with van der Waals surface area (Å²) in [5.74, 6) is -0.844. The Balaban J connectivity index is 2.46. The van der Waals surface area contributed by atoms with Gasteiger partial charge in [0.15, 0.2) is 0 Å². The van der Waals surface area contributed by atoms with Crippen molar-refractivity contribution in [3.63, 3.8) is 0 Å². The van der Waals surface area contributed by atoms with E-state index in [0.717, 1.165) is 12.1 Å². The molecule has 0 aliphatic carbocycles. The fraction of sp³-hybridized carbons (Fsp3) is 0.545. The van der Waals surface area contributed by atoms with Crippen molar-refractivity contribution in [2.45, 2.75) is 13.5 Å². The van der Waals surface area contributed by atoms with Crippen LogP contribution in [-0.2, 0) is 11.3 Å². The van der Waals surface area contributed by atoms with Gasteiger partial charge >= 0.3 is 5.97 Å². The third-order valence-corrected chi connectivity index (χ3v) is 3.15. The number of likely N-dealkylation sites (N-methyl/N-ethyl adjacent to an activating group) is 1. The van der Waals surface area contributed by atoms with E-state index in [0.29, 0.717) is 24.6 Å². The molecule has 0 amide bonds. The highest BCUT2D eigenvalue weighted by Gasteiger charge is 2.12. The highest BCUT2D eigenvalue weighted by atomic mass is 32.1. The lowest BCUT2D eigenvalue weighted by Crippen LogP contribution is -2.23. The summed E-state index contributed by atoms with van der Waals surface area (Å²) in [4.78, 5) is 13.4. The zero-order chi connectivity index (χ0) is 12.0. The minimum atomic E-state index is -0.844. The summed E-state index contributed by atoms with van der Waals surface area (Å²) in [5, 5.41) is 10.8. The third kappa shape index (κ3) is 3.92. The summed E-state index contributed by atoms with van der Waals surface area (Å²) in [6.07, 6.45) is 0. The molecule has 16 heavy (non-hydrogen) atoms. The van der Waals surface area contributed by atoms with Crippen LogP contribution in [0.2, 0.25) is 0 Å². The van der Waals surface area contributed by atoms with Gasteiger partial charge in [0.1, 0.15) is 4.88 Å². The summed E-state index contributed by atoms with van der Waals surface area (Å²) < 4.78 is 5.25. The van der Waals surface area contributed by atoms with Crippen molar-refractivity contribution >= 4 is 17.3 Å². The van der Waals surface area contributed by atoms with Crippen molar-refractivity contribution < 1.29 is 14.6 Å². The Morgan fingerprint density at radius 3 is 3.00 bits per heavy atom. The molecular weight excluding hydrogens is 226 g/mol. The number of hydrogen-bond donors (Lipinski definition) is 1. The maximum absolute atomic E-state index is 10.9. The highest BCUT2D eigenvalue weighted by molar-refractivity contribution is 7.12. The Labute approximate surface area is 99.5 Å². The molecule has 0 bridgehead atoms. The van der Waals surface area contributed by atoms with E-state index < -0.39 is 5.97 Å². The lowest BCUT2D eigenvalue weighted by Gasteiger charge is -2.16. The molecule has 0 spiro atoms. The van der Waals surface area contributed by atoms with Crippen LogP contribution in [0, 0.1) is 0 Å². The van der Waals surface area contributed by atoms with Crippen molar-refractivity contribution in [1.82, 2.24) is 4.90 Å². The summed E-state index contributed by atoms with van der Waals surface area (Å²) in [6.45, 7) is 4.81. The normalized spacial score (nSPS) is 10.9. The van der Waals surface area contributed by atoms with Gasteiger partial charge in [-0.2, -0.15) is 0 Å². The van der Waals surface area contributed by atoms with E-state index in [9.17, 15) is 4.79 Å². The van der Waals surface area contributed by atoms with Gasteiger partial charge in [-0.05, 0) is 31.0 Å². The third-order valence-electron chi connectivity index (χ3n) is 2.20. The standard InChI is InChI=1S/C11H17NO3S/c1-3-15-6-5-12(2)8-9-4-7-16-10(9)11(13)14/h4,7H,3,5-6,8H2,1-2H3,(H,13,14). The summed E-state index contributed by atoms with van der Waals surface area (Å²) in [5.41, 5.74) is 0.872. The second-order valence-corrected chi connectivity index (χ2v) is 4.43. The Bertz CT molecular complexity index is 338. The molecule has 1 aromatic heterocycles. The molecule has 0 aliphatic rings. The smallest absolute Gasteiger partial charge is 0.346 e. The maximum Gasteiger partial charge on any atom is 0.346 e. The fourth-order valence-electron chi connectivity index (χ4n) is 1.38. The average molecular weight is 243 g/mol. The van der Waals surface area contributed by atoms with E-state index in [-0.39, 0.29) is 0 Å². The zero-order valence-corrected chi connectivity index (χ0v) is 10.4. The molecule has 5 heteroatoms. The van der Waals surface area contributed by atoms with E-state index in [1.165, 1.54) is 11.3 Å². The first kappa shape index (κ1) is 13.2. The van der Waals surface area contributed by atoms with Crippen LogP contribution in [0.1, 0.15) is 22.2 Å². The molecule has 1 N–H and O–H groups in total. The minimum absolute atomic E-state index is 0.434. The zero-order valence-electron chi connectivity index (χ0n) is 9.60. The summed E-state index contributed by atoms with van der Waals surface area (Å²) >= 11 is 1.27. The molecule has 1 rings (SSSR count). The Kier molecular flexibility index (Phi) is 5.45. The van der Waals surface area contributed by atoms with Crippen LogP contribution in [0.4, 0.5) is 0 Å². The van der Waals surface area contributed by atoms with Crippen LogP contribution in [-0.4, -0.2) is 42.8 Å². The molecule has 1 aromatic rings.